The molecule has 1 unspecified atom stereocenters. The maximum absolute atomic E-state index is 12.8. The van der Waals surface area contributed by atoms with Crippen molar-refractivity contribution in [2.45, 2.75) is 12.8 Å². The van der Waals surface area contributed by atoms with Gasteiger partial charge < -0.3 is 20.6 Å². The smallest absolute Gasteiger partial charge is 0.252 e. The van der Waals surface area contributed by atoms with Crippen LogP contribution < -0.4 is 16.0 Å². The number of allylic oxidation sites excluding steroid dienone is 1. The van der Waals surface area contributed by atoms with E-state index in [-0.39, 0.29) is 22.8 Å². The lowest BCUT2D eigenvalue weighted by molar-refractivity contribution is 0.388. The van der Waals surface area contributed by atoms with Crippen molar-refractivity contribution in [3.63, 3.8) is 0 Å². The lowest BCUT2D eigenvalue weighted by atomic mass is 9.83. The van der Waals surface area contributed by atoms with Crippen molar-refractivity contribution in [1.82, 2.24) is 4.98 Å². The number of nitriles is 1. The Balaban J connectivity index is 2.03. The largest absolute Gasteiger partial charge is 0.508 e. The van der Waals surface area contributed by atoms with Gasteiger partial charge in [0.15, 0.2) is 0 Å². The van der Waals surface area contributed by atoms with Crippen molar-refractivity contribution in [3.8, 4) is 17.6 Å². The number of H-pyrrole nitrogens is 1. The molecule has 0 amide bonds. The van der Waals surface area contributed by atoms with E-state index in [1.54, 1.807) is 12.1 Å². The molecule has 1 atom stereocenters. The third-order valence-corrected chi connectivity index (χ3v) is 4.63. The zero-order chi connectivity index (χ0) is 18.4. The molecular formula is C20H15N3O3. The average molecular weight is 345 g/mol. The van der Waals surface area contributed by atoms with Gasteiger partial charge in [0.2, 0.25) is 5.88 Å². The summed E-state index contributed by atoms with van der Waals surface area (Å²) in [7, 11) is 0. The number of hydrogen-bond donors (Lipinski definition) is 3. The van der Waals surface area contributed by atoms with Gasteiger partial charge in [-0.3, -0.25) is 4.79 Å². The zero-order valence-electron chi connectivity index (χ0n) is 13.9. The maximum atomic E-state index is 12.8. The number of aromatic hydroxyl groups is 1. The Morgan fingerprint density at radius 3 is 2.81 bits per heavy atom. The van der Waals surface area contributed by atoms with E-state index in [0.29, 0.717) is 16.9 Å². The van der Waals surface area contributed by atoms with Crippen molar-refractivity contribution in [2.24, 2.45) is 5.73 Å². The highest BCUT2D eigenvalue weighted by Gasteiger charge is 2.32. The molecule has 1 aliphatic rings. The molecule has 6 nitrogen and oxygen atoms in total. The van der Waals surface area contributed by atoms with Crippen LogP contribution >= 0.6 is 0 Å². The van der Waals surface area contributed by atoms with Crippen LogP contribution in [0.15, 0.2) is 58.7 Å². The Hall–Kier alpha value is -3.72. The van der Waals surface area contributed by atoms with Crippen LogP contribution in [-0.2, 0) is 0 Å². The van der Waals surface area contributed by atoms with Crippen LogP contribution in [0.25, 0.3) is 10.9 Å². The highest BCUT2D eigenvalue weighted by molar-refractivity contribution is 5.82. The van der Waals surface area contributed by atoms with Crippen LogP contribution in [-0.4, -0.2) is 10.1 Å². The number of para-hydroxylation sites is 1. The molecule has 4 rings (SSSR count). The minimum Gasteiger partial charge on any atom is -0.508 e. The number of benzene rings is 2. The monoisotopic (exact) mass is 345 g/mol. The van der Waals surface area contributed by atoms with Gasteiger partial charge in [-0.25, -0.2) is 0 Å². The number of phenolic OH excluding ortho intramolecular Hbond substituents is 1. The summed E-state index contributed by atoms with van der Waals surface area (Å²) in [5, 5.41) is 20.2. The third-order valence-electron chi connectivity index (χ3n) is 4.63. The molecule has 0 saturated carbocycles. The SMILES string of the molecule is Cc1cccc2cc(C3C(C#N)=C(N)Oc4cc(O)ccc43)c(=O)[nH]c12. The number of nitrogens with one attached hydrogen (secondary N) is 1. The van der Waals surface area contributed by atoms with Gasteiger partial charge in [-0.05, 0) is 30.0 Å². The van der Waals surface area contributed by atoms with E-state index in [4.69, 9.17) is 10.5 Å². The Kier molecular flexibility index (Phi) is 3.44. The Labute approximate surface area is 148 Å². The topological polar surface area (TPSA) is 112 Å². The molecule has 4 N–H and O–H groups in total. The number of phenols is 1. The zero-order valence-corrected chi connectivity index (χ0v) is 13.9. The number of nitrogens with zero attached hydrogens (tertiary/aromatic N) is 1. The molecule has 2 heterocycles. The first-order valence-electron chi connectivity index (χ1n) is 8.02. The number of aryl methyl sites for hydroxylation is 1. The first kappa shape index (κ1) is 15.8. The van der Waals surface area contributed by atoms with Crippen molar-refractivity contribution >= 4 is 10.9 Å². The highest BCUT2D eigenvalue weighted by atomic mass is 16.5. The van der Waals surface area contributed by atoms with E-state index in [1.165, 1.54) is 12.1 Å². The number of pyridine rings is 1. The average Bonchev–Trinajstić information content (AvgIpc) is 2.61. The summed E-state index contributed by atoms with van der Waals surface area (Å²) in [5.41, 5.74) is 8.50. The maximum Gasteiger partial charge on any atom is 0.252 e. The first-order valence-corrected chi connectivity index (χ1v) is 8.02. The standard InChI is InChI=1S/C20H15N3O3/c1-10-3-2-4-11-7-14(20(25)23-18(10)11)17-13-6-5-12(24)8-16(13)26-19(22)15(17)9-21/h2-8,17,24H,22H2,1H3,(H,23,25). The molecule has 2 aromatic carbocycles. The fourth-order valence-electron chi connectivity index (χ4n) is 3.38. The molecule has 0 fully saturated rings. The van der Waals surface area contributed by atoms with E-state index in [0.717, 1.165) is 16.5 Å². The van der Waals surface area contributed by atoms with Crippen molar-refractivity contribution in [3.05, 3.63) is 81.0 Å². The van der Waals surface area contributed by atoms with E-state index in [2.05, 4.69) is 11.1 Å². The van der Waals surface area contributed by atoms with Gasteiger partial charge in [0, 0.05) is 17.2 Å². The van der Waals surface area contributed by atoms with Crippen LogP contribution in [0.4, 0.5) is 0 Å². The molecular weight excluding hydrogens is 330 g/mol. The predicted octanol–water partition coefficient (Wildman–Crippen LogP) is 2.76. The Morgan fingerprint density at radius 2 is 2.04 bits per heavy atom. The molecule has 0 saturated heterocycles. The van der Waals surface area contributed by atoms with Gasteiger partial charge in [0.25, 0.3) is 5.56 Å². The summed E-state index contributed by atoms with van der Waals surface area (Å²) in [5.74, 6) is -0.397. The van der Waals surface area contributed by atoms with Gasteiger partial charge in [-0.1, -0.05) is 24.3 Å². The minimum atomic E-state index is -0.669. The fourth-order valence-corrected chi connectivity index (χ4v) is 3.38. The molecule has 0 aliphatic carbocycles. The molecule has 26 heavy (non-hydrogen) atoms. The molecule has 6 heteroatoms. The summed E-state index contributed by atoms with van der Waals surface area (Å²) in [6.45, 7) is 1.92. The number of hydrogen-bond acceptors (Lipinski definition) is 5. The number of aromatic amines is 1. The lowest BCUT2D eigenvalue weighted by Crippen LogP contribution is -2.25. The molecule has 1 aliphatic heterocycles. The quantitative estimate of drug-likeness (QED) is 0.628. The number of nitrogens with two attached hydrogens (primary N) is 1. The Bertz CT molecular complexity index is 1190. The highest BCUT2D eigenvalue weighted by Crippen LogP contribution is 2.42. The predicted molar refractivity (Wildman–Crippen MR) is 96.7 cm³/mol. The molecule has 128 valence electrons. The summed E-state index contributed by atoms with van der Waals surface area (Å²) < 4.78 is 5.48. The Morgan fingerprint density at radius 1 is 1.23 bits per heavy atom. The fraction of sp³-hybridized carbons (Fsp3) is 0.100. The van der Waals surface area contributed by atoms with Crippen LogP contribution in [0.1, 0.15) is 22.6 Å². The minimum absolute atomic E-state index is 0.0127. The second-order valence-electron chi connectivity index (χ2n) is 6.24. The van der Waals surface area contributed by atoms with Crippen LogP contribution in [0, 0.1) is 18.3 Å². The first-order chi connectivity index (χ1) is 12.5. The normalized spacial score (nSPS) is 16.1. The van der Waals surface area contributed by atoms with Gasteiger partial charge in [0.05, 0.1) is 11.4 Å². The van der Waals surface area contributed by atoms with Gasteiger partial charge in [0.1, 0.15) is 23.1 Å². The molecule has 1 aromatic heterocycles. The second kappa shape index (κ2) is 5.67. The van der Waals surface area contributed by atoms with Crippen molar-refractivity contribution in [1.29, 1.82) is 5.26 Å². The van der Waals surface area contributed by atoms with E-state index >= 15 is 0 Å². The van der Waals surface area contributed by atoms with Crippen LogP contribution in [0.2, 0.25) is 0 Å². The molecule has 0 spiro atoms. The van der Waals surface area contributed by atoms with Crippen LogP contribution in [0.5, 0.6) is 11.5 Å². The number of aromatic nitrogens is 1. The molecule has 3 aromatic rings. The third kappa shape index (κ3) is 2.30. The molecule has 0 bridgehead atoms. The van der Waals surface area contributed by atoms with Crippen molar-refractivity contribution in [2.75, 3.05) is 0 Å². The van der Waals surface area contributed by atoms with E-state index in [9.17, 15) is 15.2 Å². The van der Waals surface area contributed by atoms with E-state index < -0.39 is 5.92 Å². The lowest BCUT2D eigenvalue weighted by Gasteiger charge is -2.26. The summed E-state index contributed by atoms with van der Waals surface area (Å²) >= 11 is 0. The number of ether oxygens (including phenoxy) is 1. The molecule has 0 radical (unpaired) electrons. The summed E-state index contributed by atoms with van der Waals surface area (Å²) in [6, 6.07) is 14.1. The summed E-state index contributed by atoms with van der Waals surface area (Å²) in [4.78, 5) is 15.7. The summed E-state index contributed by atoms with van der Waals surface area (Å²) in [6.07, 6.45) is 0. The van der Waals surface area contributed by atoms with Gasteiger partial charge in [-0.15, -0.1) is 0 Å². The van der Waals surface area contributed by atoms with Gasteiger partial charge >= 0.3 is 0 Å². The van der Waals surface area contributed by atoms with Crippen molar-refractivity contribution < 1.29 is 9.84 Å². The number of rotatable bonds is 1. The second-order valence-corrected chi connectivity index (χ2v) is 6.24. The van der Waals surface area contributed by atoms with Gasteiger partial charge in [-0.2, -0.15) is 5.26 Å². The van der Waals surface area contributed by atoms with E-state index in [1.807, 2.05) is 25.1 Å². The van der Waals surface area contributed by atoms with Crippen LogP contribution in [0.3, 0.4) is 0 Å². The number of fused-ring (bicyclic) bond motifs is 2.